The molecular formula is C17H16O4. The highest BCUT2D eigenvalue weighted by Gasteiger charge is 2.08. The molecule has 4 nitrogen and oxygen atoms in total. The van der Waals surface area contributed by atoms with Crippen LogP contribution in [-0.2, 0) is 4.74 Å². The zero-order valence-electron chi connectivity index (χ0n) is 12.0. The lowest BCUT2D eigenvalue weighted by Gasteiger charge is -2.08. The minimum absolute atomic E-state index is 0.00542. The zero-order valence-corrected chi connectivity index (χ0v) is 12.0. The predicted molar refractivity (Wildman–Crippen MR) is 78.9 cm³/mol. The molecule has 0 unspecified atom stereocenters. The molecule has 0 spiro atoms. The van der Waals surface area contributed by atoms with Gasteiger partial charge >= 0.3 is 5.97 Å². The molecule has 108 valence electrons. The van der Waals surface area contributed by atoms with Crippen LogP contribution in [0.2, 0.25) is 0 Å². The van der Waals surface area contributed by atoms with Crippen molar-refractivity contribution in [3.8, 4) is 11.5 Å². The number of hydrogen-bond acceptors (Lipinski definition) is 4. The summed E-state index contributed by atoms with van der Waals surface area (Å²) in [5, 5.41) is 0. The van der Waals surface area contributed by atoms with Gasteiger partial charge in [-0.2, -0.15) is 0 Å². The van der Waals surface area contributed by atoms with Gasteiger partial charge in [-0.1, -0.05) is 6.07 Å². The van der Waals surface area contributed by atoms with Gasteiger partial charge in [-0.3, -0.25) is 4.79 Å². The van der Waals surface area contributed by atoms with Gasteiger partial charge in [0.25, 0.3) is 0 Å². The van der Waals surface area contributed by atoms with Gasteiger partial charge in [0.15, 0.2) is 5.78 Å². The third-order valence-electron chi connectivity index (χ3n) is 2.84. The largest absolute Gasteiger partial charge is 0.462 e. The van der Waals surface area contributed by atoms with Crippen LogP contribution in [0.1, 0.15) is 34.6 Å². The quantitative estimate of drug-likeness (QED) is 0.618. The molecule has 0 saturated carbocycles. The molecule has 2 aromatic carbocycles. The van der Waals surface area contributed by atoms with Crippen molar-refractivity contribution in [3.63, 3.8) is 0 Å². The molecule has 0 atom stereocenters. The van der Waals surface area contributed by atoms with E-state index in [0.29, 0.717) is 29.2 Å². The summed E-state index contributed by atoms with van der Waals surface area (Å²) in [6.45, 7) is 3.60. The first-order chi connectivity index (χ1) is 10.1. The van der Waals surface area contributed by atoms with Gasteiger partial charge in [0.1, 0.15) is 11.5 Å². The Balaban J connectivity index is 2.14. The number of benzene rings is 2. The van der Waals surface area contributed by atoms with Crippen molar-refractivity contribution in [2.75, 3.05) is 6.61 Å². The number of ketones is 1. The van der Waals surface area contributed by atoms with Crippen molar-refractivity contribution >= 4 is 11.8 Å². The average molecular weight is 284 g/mol. The molecule has 0 aliphatic carbocycles. The number of rotatable bonds is 5. The summed E-state index contributed by atoms with van der Waals surface area (Å²) in [5.74, 6) is 0.762. The number of carbonyl (C=O) groups is 2. The van der Waals surface area contributed by atoms with Crippen molar-refractivity contribution in [2.24, 2.45) is 0 Å². The molecule has 21 heavy (non-hydrogen) atoms. The summed E-state index contributed by atoms with van der Waals surface area (Å²) in [7, 11) is 0. The molecule has 0 aliphatic rings. The molecule has 2 aromatic rings. The number of hydrogen-bond donors (Lipinski definition) is 0. The lowest BCUT2D eigenvalue weighted by molar-refractivity contribution is 0.0526. The molecule has 0 bridgehead atoms. The van der Waals surface area contributed by atoms with E-state index < -0.39 is 0 Å². The fraction of sp³-hybridized carbons (Fsp3) is 0.176. The van der Waals surface area contributed by atoms with Gasteiger partial charge in [-0.15, -0.1) is 0 Å². The summed E-state index contributed by atoms with van der Waals surface area (Å²) in [4.78, 5) is 22.9. The van der Waals surface area contributed by atoms with Gasteiger partial charge < -0.3 is 9.47 Å². The third kappa shape index (κ3) is 3.92. The van der Waals surface area contributed by atoms with Gasteiger partial charge in [0.05, 0.1) is 12.2 Å². The van der Waals surface area contributed by atoms with E-state index in [9.17, 15) is 9.59 Å². The van der Waals surface area contributed by atoms with Crippen LogP contribution in [0.25, 0.3) is 0 Å². The highest BCUT2D eigenvalue weighted by molar-refractivity contribution is 5.94. The lowest BCUT2D eigenvalue weighted by atomic mass is 10.1. The maximum Gasteiger partial charge on any atom is 0.338 e. The summed E-state index contributed by atoms with van der Waals surface area (Å²) in [6.07, 6.45) is 0. The van der Waals surface area contributed by atoms with Crippen molar-refractivity contribution in [2.45, 2.75) is 13.8 Å². The molecular weight excluding hydrogens is 268 g/mol. The van der Waals surface area contributed by atoms with Gasteiger partial charge in [-0.25, -0.2) is 4.79 Å². The molecule has 4 heteroatoms. The first-order valence-electron chi connectivity index (χ1n) is 6.66. The van der Waals surface area contributed by atoms with Gasteiger partial charge in [0, 0.05) is 5.56 Å². The summed E-state index contributed by atoms with van der Waals surface area (Å²) >= 11 is 0. The monoisotopic (exact) mass is 284 g/mol. The van der Waals surface area contributed by atoms with Crippen molar-refractivity contribution < 1.29 is 19.1 Å². The lowest BCUT2D eigenvalue weighted by Crippen LogP contribution is -2.04. The van der Waals surface area contributed by atoms with E-state index in [0.717, 1.165) is 0 Å². The van der Waals surface area contributed by atoms with Crippen LogP contribution in [0, 0.1) is 0 Å². The van der Waals surface area contributed by atoms with E-state index in [1.165, 1.54) is 6.92 Å². The fourth-order valence-corrected chi connectivity index (χ4v) is 1.79. The summed E-state index contributed by atoms with van der Waals surface area (Å²) in [6, 6.07) is 13.6. The Kier molecular flexibility index (Phi) is 4.72. The fourth-order valence-electron chi connectivity index (χ4n) is 1.79. The molecule has 0 aromatic heterocycles. The molecule has 0 radical (unpaired) electrons. The van der Waals surface area contributed by atoms with Crippen molar-refractivity contribution in [1.29, 1.82) is 0 Å². The zero-order chi connectivity index (χ0) is 15.2. The predicted octanol–water partition coefficient (Wildman–Crippen LogP) is 3.86. The Morgan fingerprint density at radius 1 is 0.952 bits per heavy atom. The second-order valence-electron chi connectivity index (χ2n) is 4.43. The van der Waals surface area contributed by atoms with Gasteiger partial charge in [0.2, 0.25) is 0 Å². The molecule has 2 rings (SSSR count). The van der Waals surface area contributed by atoms with E-state index in [4.69, 9.17) is 9.47 Å². The number of carbonyl (C=O) groups excluding carboxylic acids is 2. The normalized spacial score (nSPS) is 10.0. The van der Waals surface area contributed by atoms with E-state index in [1.54, 1.807) is 55.5 Å². The highest BCUT2D eigenvalue weighted by atomic mass is 16.5. The summed E-state index contributed by atoms with van der Waals surface area (Å²) < 4.78 is 10.6. The third-order valence-corrected chi connectivity index (χ3v) is 2.84. The second kappa shape index (κ2) is 6.70. The Morgan fingerprint density at radius 2 is 1.67 bits per heavy atom. The number of esters is 1. The van der Waals surface area contributed by atoms with Crippen molar-refractivity contribution in [3.05, 3.63) is 59.7 Å². The minimum atomic E-state index is -0.380. The van der Waals surface area contributed by atoms with Crippen LogP contribution < -0.4 is 4.74 Å². The molecule has 0 heterocycles. The Hall–Kier alpha value is -2.62. The van der Waals surface area contributed by atoms with E-state index >= 15 is 0 Å². The van der Waals surface area contributed by atoms with Crippen LogP contribution >= 0.6 is 0 Å². The SMILES string of the molecule is CCOC(=O)c1cccc(Oc2ccc(C(C)=O)cc2)c1. The Morgan fingerprint density at radius 3 is 2.29 bits per heavy atom. The smallest absolute Gasteiger partial charge is 0.338 e. The number of Topliss-reactive ketones (excluding diaryl/α,β-unsaturated/α-hetero) is 1. The van der Waals surface area contributed by atoms with Crippen molar-refractivity contribution in [1.82, 2.24) is 0 Å². The molecule has 0 saturated heterocycles. The molecule has 0 aliphatic heterocycles. The van der Waals surface area contributed by atoms with E-state index in [-0.39, 0.29) is 11.8 Å². The Labute approximate surface area is 123 Å². The first kappa shape index (κ1) is 14.8. The van der Waals surface area contributed by atoms with Crippen LogP contribution in [0.5, 0.6) is 11.5 Å². The van der Waals surface area contributed by atoms with E-state index in [2.05, 4.69) is 0 Å². The average Bonchev–Trinajstić information content (AvgIpc) is 2.48. The van der Waals surface area contributed by atoms with Crippen LogP contribution in [0.3, 0.4) is 0 Å². The van der Waals surface area contributed by atoms with Crippen LogP contribution in [-0.4, -0.2) is 18.4 Å². The highest BCUT2D eigenvalue weighted by Crippen LogP contribution is 2.23. The van der Waals surface area contributed by atoms with Gasteiger partial charge in [-0.05, 0) is 56.3 Å². The van der Waals surface area contributed by atoms with Crippen LogP contribution in [0.15, 0.2) is 48.5 Å². The Bertz CT molecular complexity index is 644. The maximum atomic E-state index is 11.7. The first-order valence-corrected chi connectivity index (χ1v) is 6.66. The summed E-state index contributed by atoms with van der Waals surface area (Å²) in [5.41, 5.74) is 1.07. The molecule has 0 N–H and O–H groups in total. The standard InChI is InChI=1S/C17H16O4/c1-3-20-17(19)14-5-4-6-16(11-14)21-15-9-7-13(8-10-15)12(2)18/h4-11H,3H2,1-2H3. The van der Waals surface area contributed by atoms with Crippen LogP contribution in [0.4, 0.5) is 0 Å². The maximum absolute atomic E-state index is 11.7. The molecule has 0 fully saturated rings. The molecule has 0 amide bonds. The minimum Gasteiger partial charge on any atom is -0.462 e. The van der Waals surface area contributed by atoms with E-state index in [1.807, 2.05) is 0 Å². The topological polar surface area (TPSA) is 52.6 Å². The number of ether oxygens (including phenoxy) is 2. The second-order valence-corrected chi connectivity index (χ2v) is 4.43.